The van der Waals surface area contributed by atoms with E-state index in [9.17, 15) is 9.18 Å². The van der Waals surface area contributed by atoms with Crippen LogP contribution in [0.1, 0.15) is 19.4 Å². The molecule has 1 aromatic carbocycles. The maximum absolute atomic E-state index is 12.7. The average molecular weight is 253 g/mol. The van der Waals surface area contributed by atoms with Crippen molar-refractivity contribution in [2.75, 3.05) is 13.2 Å². The topological polar surface area (TPSA) is 49.3 Å². The second kappa shape index (κ2) is 7.11. The summed E-state index contributed by atoms with van der Waals surface area (Å²) in [6, 6.07) is 6.21. The number of hydrogen-bond donors (Lipinski definition) is 2. The summed E-state index contributed by atoms with van der Waals surface area (Å²) in [5.74, 6) is -0.642. The largest absolute Gasteiger partial charge is 0.396 e. The highest BCUT2D eigenvalue weighted by Crippen LogP contribution is 2.10. The minimum Gasteiger partial charge on any atom is -0.396 e. The first-order valence-corrected chi connectivity index (χ1v) is 6.17. The van der Waals surface area contributed by atoms with Gasteiger partial charge < -0.3 is 10.4 Å². The van der Waals surface area contributed by atoms with E-state index < -0.39 is 0 Å². The molecule has 0 spiro atoms. The third kappa shape index (κ3) is 4.45. The second-order valence-electron chi connectivity index (χ2n) is 4.70. The molecular formula is C14H20FNO2. The van der Waals surface area contributed by atoms with E-state index in [1.54, 1.807) is 12.1 Å². The molecule has 4 heteroatoms. The first kappa shape index (κ1) is 14.6. The van der Waals surface area contributed by atoms with Gasteiger partial charge in [0, 0.05) is 6.54 Å². The van der Waals surface area contributed by atoms with Gasteiger partial charge in [-0.25, -0.2) is 4.39 Å². The Labute approximate surface area is 107 Å². The molecule has 3 nitrogen and oxygen atoms in total. The molecule has 100 valence electrons. The van der Waals surface area contributed by atoms with Crippen LogP contribution in [0.5, 0.6) is 0 Å². The number of rotatable bonds is 6. The normalized spacial score (nSPS) is 12.5. The zero-order valence-corrected chi connectivity index (χ0v) is 10.8. The predicted octanol–water partition coefficient (Wildman–Crippen LogP) is 1.75. The Morgan fingerprint density at radius 1 is 1.33 bits per heavy atom. The number of halogens is 1. The maximum atomic E-state index is 12.7. The summed E-state index contributed by atoms with van der Waals surface area (Å²) >= 11 is 0. The minimum atomic E-state index is -0.363. The molecule has 0 aliphatic carbocycles. The number of amides is 1. The molecule has 0 radical (unpaired) electrons. The van der Waals surface area contributed by atoms with E-state index in [2.05, 4.69) is 5.32 Å². The first-order chi connectivity index (χ1) is 8.54. The second-order valence-corrected chi connectivity index (χ2v) is 4.70. The van der Waals surface area contributed by atoms with Crippen molar-refractivity contribution in [3.05, 3.63) is 35.6 Å². The first-order valence-electron chi connectivity index (χ1n) is 6.17. The van der Waals surface area contributed by atoms with E-state index in [4.69, 9.17) is 5.11 Å². The van der Waals surface area contributed by atoms with Gasteiger partial charge in [0.05, 0.1) is 12.5 Å². The van der Waals surface area contributed by atoms with Gasteiger partial charge in [0.2, 0.25) is 5.91 Å². The minimum absolute atomic E-state index is 0.112. The number of nitrogens with one attached hydrogen (secondary N) is 1. The van der Waals surface area contributed by atoms with Gasteiger partial charge in [0.1, 0.15) is 5.82 Å². The number of aliphatic hydroxyl groups excluding tert-OH is 1. The van der Waals surface area contributed by atoms with Crippen LogP contribution in [0.3, 0.4) is 0 Å². The fourth-order valence-electron chi connectivity index (χ4n) is 1.71. The van der Waals surface area contributed by atoms with Crippen LogP contribution < -0.4 is 5.32 Å². The lowest BCUT2D eigenvalue weighted by atomic mass is 9.96. The Bertz CT molecular complexity index is 376. The fourth-order valence-corrected chi connectivity index (χ4v) is 1.71. The third-order valence-corrected chi connectivity index (χ3v) is 2.96. The summed E-state index contributed by atoms with van der Waals surface area (Å²) in [4.78, 5) is 11.7. The molecular weight excluding hydrogens is 233 g/mol. The van der Waals surface area contributed by atoms with Crippen molar-refractivity contribution in [2.24, 2.45) is 11.8 Å². The van der Waals surface area contributed by atoms with Crippen LogP contribution in [-0.4, -0.2) is 24.2 Å². The molecule has 1 amide bonds. The maximum Gasteiger partial charge on any atom is 0.225 e. The van der Waals surface area contributed by atoms with Crippen LogP contribution in [-0.2, 0) is 11.2 Å². The number of aliphatic hydroxyl groups is 1. The molecule has 1 unspecified atom stereocenters. The van der Waals surface area contributed by atoms with Crippen LogP contribution in [0.4, 0.5) is 4.39 Å². The van der Waals surface area contributed by atoms with Crippen molar-refractivity contribution in [3.63, 3.8) is 0 Å². The van der Waals surface area contributed by atoms with Crippen LogP contribution in [0.25, 0.3) is 0 Å². The summed E-state index contributed by atoms with van der Waals surface area (Å²) in [5, 5.41) is 11.9. The van der Waals surface area contributed by atoms with Crippen molar-refractivity contribution >= 4 is 5.91 Å². The molecule has 0 saturated heterocycles. The van der Waals surface area contributed by atoms with Gasteiger partial charge in [-0.3, -0.25) is 4.79 Å². The number of benzene rings is 1. The lowest BCUT2D eigenvalue weighted by Gasteiger charge is -2.17. The number of hydrogen-bond acceptors (Lipinski definition) is 2. The Morgan fingerprint density at radius 2 is 1.94 bits per heavy atom. The standard InChI is InChI=1S/C14H20FNO2/c1-10(2)13(9-17)14(18)16-8-7-11-3-5-12(15)6-4-11/h3-6,10,13,17H,7-9H2,1-2H3,(H,16,18). The zero-order valence-electron chi connectivity index (χ0n) is 10.8. The molecule has 0 aliphatic rings. The molecule has 1 rings (SSSR count). The third-order valence-electron chi connectivity index (χ3n) is 2.96. The van der Waals surface area contributed by atoms with E-state index >= 15 is 0 Å². The van der Waals surface area contributed by atoms with E-state index in [1.807, 2.05) is 13.8 Å². The number of carbonyl (C=O) groups is 1. The van der Waals surface area contributed by atoms with Crippen LogP contribution in [0, 0.1) is 17.7 Å². The Kier molecular flexibility index (Phi) is 5.78. The predicted molar refractivity (Wildman–Crippen MR) is 68.5 cm³/mol. The highest BCUT2D eigenvalue weighted by Gasteiger charge is 2.20. The lowest BCUT2D eigenvalue weighted by Crippen LogP contribution is -2.36. The van der Waals surface area contributed by atoms with Gasteiger partial charge in [0.25, 0.3) is 0 Å². The SMILES string of the molecule is CC(C)C(CO)C(=O)NCCc1ccc(F)cc1. The van der Waals surface area contributed by atoms with Crippen molar-refractivity contribution in [1.82, 2.24) is 5.32 Å². The molecule has 1 aromatic rings. The smallest absolute Gasteiger partial charge is 0.225 e. The summed E-state index contributed by atoms with van der Waals surface area (Å²) in [7, 11) is 0. The van der Waals surface area contributed by atoms with Gasteiger partial charge in [0.15, 0.2) is 0 Å². The Morgan fingerprint density at radius 3 is 2.44 bits per heavy atom. The molecule has 0 aliphatic heterocycles. The van der Waals surface area contributed by atoms with E-state index in [0.29, 0.717) is 13.0 Å². The average Bonchev–Trinajstić information content (AvgIpc) is 2.32. The summed E-state index contributed by atoms with van der Waals surface area (Å²) in [6.07, 6.45) is 0.655. The zero-order chi connectivity index (χ0) is 13.5. The monoisotopic (exact) mass is 253 g/mol. The number of carbonyl (C=O) groups excluding carboxylic acids is 1. The highest BCUT2D eigenvalue weighted by atomic mass is 19.1. The van der Waals surface area contributed by atoms with Gasteiger partial charge >= 0.3 is 0 Å². The quantitative estimate of drug-likeness (QED) is 0.811. The van der Waals surface area contributed by atoms with Crippen LogP contribution in [0.15, 0.2) is 24.3 Å². The van der Waals surface area contributed by atoms with Crippen LogP contribution >= 0.6 is 0 Å². The molecule has 0 heterocycles. The summed E-state index contributed by atoms with van der Waals surface area (Å²) < 4.78 is 12.7. The van der Waals surface area contributed by atoms with Gasteiger partial charge in [-0.05, 0) is 30.0 Å². The van der Waals surface area contributed by atoms with E-state index in [0.717, 1.165) is 5.56 Å². The molecule has 2 N–H and O–H groups in total. The highest BCUT2D eigenvalue weighted by molar-refractivity contribution is 5.78. The molecule has 18 heavy (non-hydrogen) atoms. The lowest BCUT2D eigenvalue weighted by molar-refractivity contribution is -0.127. The van der Waals surface area contributed by atoms with Crippen molar-refractivity contribution < 1.29 is 14.3 Å². The summed E-state index contributed by atoms with van der Waals surface area (Å²) in [5.41, 5.74) is 0.974. The Balaban J connectivity index is 2.37. The van der Waals surface area contributed by atoms with Gasteiger partial charge in [-0.2, -0.15) is 0 Å². The van der Waals surface area contributed by atoms with Crippen LogP contribution in [0.2, 0.25) is 0 Å². The molecule has 0 aromatic heterocycles. The van der Waals surface area contributed by atoms with Crippen molar-refractivity contribution in [3.8, 4) is 0 Å². The Hall–Kier alpha value is -1.42. The molecule has 0 bridgehead atoms. The van der Waals surface area contributed by atoms with Gasteiger partial charge in [-0.1, -0.05) is 26.0 Å². The molecule has 1 atom stereocenters. The molecule has 0 saturated carbocycles. The summed E-state index contributed by atoms with van der Waals surface area (Å²) in [6.45, 7) is 4.16. The van der Waals surface area contributed by atoms with E-state index in [-0.39, 0.29) is 30.2 Å². The van der Waals surface area contributed by atoms with Crippen molar-refractivity contribution in [1.29, 1.82) is 0 Å². The van der Waals surface area contributed by atoms with E-state index in [1.165, 1.54) is 12.1 Å². The fraction of sp³-hybridized carbons (Fsp3) is 0.500. The molecule has 0 fully saturated rings. The van der Waals surface area contributed by atoms with Gasteiger partial charge in [-0.15, -0.1) is 0 Å². The van der Waals surface area contributed by atoms with Crippen molar-refractivity contribution in [2.45, 2.75) is 20.3 Å².